The molecule has 2 aromatic heterocycles. The van der Waals surface area contributed by atoms with E-state index in [0.717, 1.165) is 36.8 Å². The Kier molecular flexibility index (Phi) is 17.7. The highest BCUT2D eigenvalue weighted by atomic mass is 35.5. The number of primary amides is 1. The Morgan fingerprint density at radius 1 is 0.890 bits per heavy atom. The number of halogens is 1. The average Bonchev–Trinajstić information content (AvgIpc) is 4.27. The SMILES string of the molecule is CC(C)c1ccc(CNC(=O)[C@H](CCC(N)=O)NC(=O)[C@@H]2CC[C@@H]3CCN(C(=N)[C@H]4CC[C@@H](CCc5ccc6c(c5)n(C)c(=O)n6C5CCC(=O)NC5=O)CC4)C[C@H](NC(=O)c4cc5cc(C(=O)P(=O)(O)O)ccc5[nH]4)C(=O)N32)cc1Cl. The van der Waals surface area contributed by atoms with E-state index >= 15 is 4.79 Å². The molecule has 5 atom stereocenters. The van der Waals surface area contributed by atoms with Crippen LogP contribution in [0.2, 0.25) is 5.02 Å². The number of amidine groups is 1. The van der Waals surface area contributed by atoms with E-state index in [4.69, 9.17) is 17.3 Å². The maximum Gasteiger partial charge on any atom is 0.396 e. The highest BCUT2D eigenvalue weighted by Crippen LogP contribution is 2.40. The van der Waals surface area contributed by atoms with Gasteiger partial charge in [0.15, 0.2) is 0 Å². The van der Waals surface area contributed by atoms with Gasteiger partial charge in [0.25, 0.3) is 11.4 Å². The fraction of sp³-hybridized carbons (Fsp3) is 0.474. The molecular weight excluding hydrogens is 1100 g/mol. The number of hydrogen-bond acceptors (Lipinski definition) is 11. The molecular formula is C57H69ClN11O12P. The number of carbonyl (C=O) groups is 8. The van der Waals surface area contributed by atoms with Gasteiger partial charge >= 0.3 is 13.3 Å². The number of fused-ring (bicyclic) bond motifs is 3. The van der Waals surface area contributed by atoms with Gasteiger partial charge in [0.05, 0.1) is 16.9 Å². The average molecular weight is 1170 g/mol. The maximum absolute atomic E-state index is 15.1. The summed E-state index contributed by atoms with van der Waals surface area (Å²) in [4.78, 5) is 145. The van der Waals surface area contributed by atoms with Gasteiger partial charge in [-0.15, -0.1) is 0 Å². The molecule has 0 radical (unpaired) electrons. The lowest BCUT2D eigenvalue weighted by Gasteiger charge is -2.41. The molecule has 3 aromatic carbocycles. The van der Waals surface area contributed by atoms with Gasteiger partial charge in [-0.2, -0.15) is 0 Å². The van der Waals surface area contributed by atoms with Crippen molar-refractivity contribution in [2.45, 2.75) is 140 Å². The third-order valence-corrected chi connectivity index (χ3v) is 17.8. The zero-order valence-corrected chi connectivity index (χ0v) is 47.5. The Labute approximate surface area is 477 Å². The maximum atomic E-state index is 15.1. The lowest BCUT2D eigenvalue weighted by molar-refractivity contribution is -0.143. The van der Waals surface area contributed by atoms with Crippen molar-refractivity contribution in [1.29, 1.82) is 5.41 Å². The molecule has 1 aliphatic carbocycles. The molecule has 5 heterocycles. The zero-order chi connectivity index (χ0) is 58.9. The van der Waals surface area contributed by atoms with Crippen molar-refractivity contribution >= 4 is 93.8 Å². The lowest BCUT2D eigenvalue weighted by atomic mass is 9.78. The second kappa shape index (κ2) is 24.6. The number of H-pyrrole nitrogens is 1. The van der Waals surface area contributed by atoms with Crippen LogP contribution >= 0.6 is 19.2 Å². The molecule has 10 N–H and O–H groups in total. The zero-order valence-electron chi connectivity index (χ0n) is 45.9. The smallest absolute Gasteiger partial charge is 0.370 e. The van der Waals surface area contributed by atoms with Crippen LogP contribution in [0.25, 0.3) is 21.9 Å². The first kappa shape index (κ1) is 59.2. The van der Waals surface area contributed by atoms with Crippen LogP contribution in [0, 0.1) is 17.2 Å². The van der Waals surface area contributed by atoms with Crippen molar-refractivity contribution in [3.8, 4) is 0 Å². The van der Waals surface area contributed by atoms with Crippen LogP contribution in [0.4, 0.5) is 0 Å². The minimum absolute atomic E-state index is 0.0334. The second-order valence-corrected chi connectivity index (χ2v) is 24.4. The molecule has 9 rings (SSSR count). The van der Waals surface area contributed by atoms with Crippen LogP contribution in [-0.2, 0) is 53.3 Å². The molecule has 4 aliphatic rings. The normalized spacial score (nSPS) is 21.9. The molecule has 436 valence electrons. The Bertz CT molecular complexity index is 3500. The summed E-state index contributed by atoms with van der Waals surface area (Å²) in [7, 11) is -3.45. The fourth-order valence-electron chi connectivity index (χ4n) is 12.2. The van der Waals surface area contributed by atoms with E-state index in [2.05, 4.69) is 26.3 Å². The van der Waals surface area contributed by atoms with Gasteiger partial charge in [0.2, 0.25) is 35.4 Å². The number of nitrogens with zero attached hydrogens (tertiary/aromatic N) is 4. The summed E-state index contributed by atoms with van der Waals surface area (Å²) in [6.45, 7) is 4.29. The first-order chi connectivity index (χ1) is 38.9. The molecule has 1 saturated carbocycles. The summed E-state index contributed by atoms with van der Waals surface area (Å²) in [6, 6.07) is 11.6. The van der Waals surface area contributed by atoms with Crippen LogP contribution in [0.5, 0.6) is 0 Å². The summed E-state index contributed by atoms with van der Waals surface area (Å²) in [6.07, 6.45) is 5.73. The largest absolute Gasteiger partial charge is 0.396 e. The van der Waals surface area contributed by atoms with Gasteiger partial charge in [-0.3, -0.25) is 62.8 Å². The summed E-state index contributed by atoms with van der Waals surface area (Å²) in [5.41, 5.74) is 7.83. The van der Waals surface area contributed by atoms with E-state index in [1.165, 1.54) is 38.3 Å². The first-order valence-electron chi connectivity index (χ1n) is 27.8. The molecule has 25 heteroatoms. The number of imide groups is 1. The molecule has 3 aliphatic heterocycles. The summed E-state index contributed by atoms with van der Waals surface area (Å²) >= 11 is 6.52. The second-order valence-electron chi connectivity index (χ2n) is 22.5. The van der Waals surface area contributed by atoms with E-state index in [-0.39, 0.29) is 79.9 Å². The van der Waals surface area contributed by atoms with Crippen LogP contribution in [-0.4, -0.2) is 124 Å². The third kappa shape index (κ3) is 12.9. The molecule has 3 saturated heterocycles. The molecule has 0 spiro atoms. The van der Waals surface area contributed by atoms with E-state index < -0.39 is 78.8 Å². The van der Waals surface area contributed by atoms with Crippen molar-refractivity contribution in [3.63, 3.8) is 0 Å². The molecule has 23 nitrogen and oxygen atoms in total. The van der Waals surface area contributed by atoms with Crippen molar-refractivity contribution in [1.82, 2.24) is 45.2 Å². The number of carbonyl (C=O) groups excluding carboxylic acids is 8. The predicted octanol–water partition coefficient (Wildman–Crippen LogP) is 4.54. The minimum Gasteiger partial charge on any atom is -0.370 e. The number of aromatic amines is 1. The number of benzene rings is 3. The number of rotatable bonds is 18. The van der Waals surface area contributed by atoms with E-state index in [1.54, 1.807) is 13.1 Å². The highest BCUT2D eigenvalue weighted by molar-refractivity contribution is 7.70. The summed E-state index contributed by atoms with van der Waals surface area (Å²) in [5.74, 6) is -3.38. The Morgan fingerprint density at radius 3 is 2.33 bits per heavy atom. The van der Waals surface area contributed by atoms with Crippen LogP contribution < -0.4 is 32.7 Å². The van der Waals surface area contributed by atoms with Crippen molar-refractivity contribution in [3.05, 3.63) is 104 Å². The predicted molar refractivity (Wildman–Crippen MR) is 304 cm³/mol. The third-order valence-electron chi connectivity index (χ3n) is 16.7. The summed E-state index contributed by atoms with van der Waals surface area (Å²) in [5, 5.41) is 21.3. The topological polar surface area (TPSA) is 341 Å². The van der Waals surface area contributed by atoms with Crippen molar-refractivity contribution in [2.75, 3.05) is 13.1 Å². The highest BCUT2D eigenvalue weighted by Gasteiger charge is 2.46. The van der Waals surface area contributed by atoms with Crippen molar-refractivity contribution < 1.29 is 52.7 Å². The fourth-order valence-corrected chi connectivity index (χ4v) is 13.1. The summed E-state index contributed by atoms with van der Waals surface area (Å²) < 4.78 is 14.8. The van der Waals surface area contributed by atoms with Gasteiger partial charge < -0.3 is 46.3 Å². The van der Waals surface area contributed by atoms with Gasteiger partial charge in [-0.25, -0.2) is 4.79 Å². The number of nitrogens with one attached hydrogen (secondary N) is 6. The Balaban J connectivity index is 0.893. The van der Waals surface area contributed by atoms with Crippen LogP contribution in [0.1, 0.15) is 140 Å². The van der Waals surface area contributed by atoms with Crippen molar-refractivity contribution in [2.24, 2.45) is 24.6 Å². The number of hydrogen-bond donors (Lipinski definition) is 9. The number of aromatic nitrogens is 3. The number of nitrogens with two attached hydrogens (primary N) is 1. The van der Waals surface area contributed by atoms with Gasteiger partial charge in [0.1, 0.15) is 29.9 Å². The minimum atomic E-state index is -5.12. The number of aryl methyl sites for hydroxylation is 2. The number of piperidine rings is 1. The molecule has 1 unspecified atom stereocenters. The standard InChI is InChI=1S/C57H69ClN11O12P/c1-30(2)38-14-8-33(24-39(38)58)28-61-51(72)41(16-20-48(59)70)63-53(74)45-18-13-37-22-23-67(29-43(55(76)68(37)45)64-52(73)42-27-36-26-35(12-15-40(36)62-42)56(77)82(79,80)81)50(60)34-10-6-31(7-11-34)4-5-32-9-17-44-47(25-32)66(3)57(78)69(44)46-19-21-49(71)65-54(46)75/h8-9,12,14-15,17,24-27,30-31,34,37,41,43,45-46,60,62H,4-7,10-11,13,16,18-23,28-29H2,1-3H3,(H2,59,70)(H,61,72)(H,63,74)(H,64,73)(H,65,71,75)(H2,79,80,81)/t31-,34+,37-,41+,43+,45+,46?/m1/s1. The molecule has 7 amide bonds. The molecule has 82 heavy (non-hydrogen) atoms. The van der Waals surface area contributed by atoms with E-state index in [1.807, 2.05) is 49.1 Å². The van der Waals surface area contributed by atoms with Crippen LogP contribution in [0.3, 0.4) is 0 Å². The molecule has 4 fully saturated rings. The van der Waals surface area contributed by atoms with Crippen LogP contribution in [0.15, 0.2) is 65.5 Å². The van der Waals surface area contributed by atoms with Gasteiger partial charge in [-0.05, 0) is 142 Å². The molecule has 0 bridgehead atoms. The Morgan fingerprint density at radius 2 is 1.63 bits per heavy atom. The quantitative estimate of drug-likeness (QED) is 0.0252. The number of amides is 7. The van der Waals surface area contributed by atoms with E-state index in [9.17, 15) is 58.1 Å². The Hall–Kier alpha value is -7.46. The van der Waals surface area contributed by atoms with Gasteiger partial charge in [0, 0.05) is 73.0 Å². The molecule has 5 aromatic rings. The van der Waals surface area contributed by atoms with E-state index in [0.29, 0.717) is 76.5 Å². The number of imidazole rings is 1. The monoisotopic (exact) mass is 1170 g/mol. The first-order valence-corrected chi connectivity index (χ1v) is 29.8. The van der Waals surface area contributed by atoms with Gasteiger partial charge in [-0.1, -0.05) is 43.6 Å². The lowest BCUT2D eigenvalue weighted by Crippen LogP contribution is -2.62.